The molecular formula is C10H12N4O2. The van der Waals surface area contributed by atoms with Gasteiger partial charge in [0.05, 0.1) is 25.1 Å². The van der Waals surface area contributed by atoms with Crippen molar-refractivity contribution in [2.45, 2.75) is 0 Å². The Morgan fingerprint density at radius 1 is 1.31 bits per heavy atom. The van der Waals surface area contributed by atoms with E-state index >= 15 is 0 Å². The molecule has 6 heteroatoms. The molecule has 2 heterocycles. The Morgan fingerprint density at radius 3 is 2.62 bits per heavy atom. The number of ketones is 1. The molecule has 0 atom stereocenters. The highest BCUT2D eigenvalue weighted by Gasteiger charge is 2.20. The summed E-state index contributed by atoms with van der Waals surface area (Å²) in [4.78, 5) is 12.1. The molecule has 0 bridgehead atoms. The van der Waals surface area contributed by atoms with Gasteiger partial charge in [-0.25, -0.2) is 0 Å². The van der Waals surface area contributed by atoms with Gasteiger partial charge in [0, 0.05) is 20.3 Å². The highest BCUT2D eigenvalue weighted by atomic mass is 16.5. The van der Waals surface area contributed by atoms with Crippen LogP contribution in [0.15, 0.2) is 18.6 Å². The molecule has 16 heavy (non-hydrogen) atoms. The van der Waals surface area contributed by atoms with Gasteiger partial charge in [-0.2, -0.15) is 10.2 Å². The van der Waals surface area contributed by atoms with E-state index in [1.54, 1.807) is 25.0 Å². The lowest BCUT2D eigenvalue weighted by Crippen LogP contribution is -2.09. The fourth-order valence-corrected chi connectivity index (χ4v) is 1.50. The van der Waals surface area contributed by atoms with Gasteiger partial charge >= 0.3 is 0 Å². The van der Waals surface area contributed by atoms with E-state index in [4.69, 9.17) is 4.74 Å². The molecule has 0 saturated carbocycles. The topological polar surface area (TPSA) is 61.9 Å². The van der Waals surface area contributed by atoms with E-state index in [2.05, 4.69) is 10.2 Å². The number of aryl methyl sites for hydroxylation is 2. The van der Waals surface area contributed by atoms with Gasteiger partial charge < -0.3 is 4.74 Å². The smallest absolute Gasteiger partial charge is 0.217 e. The summed E-state index contributed by atoms with van der Waals surface area (Å²) in [6, 6.07) is 0. The first-order valence-electron chi connectivity index (χ1n) is 4.73. The fourth-order valence-electron chi connectivity index (χ4n) is 1.50. The van der Waals surface area contributed by atoms with Gasteiger partial charge in [-0.05, 0) is 0 Å². The molecule has 0 unspecified atom stereocenters. The van der Waals surface area contributed by atoms with Crippen molar-refractivity contribution in [2.24, 2.45) is 14.1 Å². The second-order valence-corrected chi connectivity index (χ2v) is 3.42. The van der Waals surface area contributed by atoms with Crippen LogP contribution >= 0.6 is 0 Å². The van der Waals surface area contributed by atoms with E-state index < -0.39 is 0 Å². The van der Waals surface area contributed by atoms with Gasteiger partial charge in [0.25, 0.3) is 0 Å². The summed E-state index contributed by atoms with van der Waals surface area (Å²) in [5.41, 5.74) is 0.944. The van der Waals surface area contributed by atoms with Crippen molar-refractivity contribution in [2.75, 3.05) is 7.11 Å². The van der Waals surface area contributed by atoms with Crippen molar-refractivity contribution in [3.63, 3.8) is 0 Å². The van der Waals surface area contributed by atoms with Crippen LogP contribution in [0.25, 0.3) is 0 Å². The van der Waals surface area contributed by atoms with Gasteiger partial charge in [0.15, 0.2) is 11.4 Å². The maximum absolute atomic E-state index is 12.1. The van der Waals surface area contributed by atoms with Crippen LogP contribution in [0.4, 0.5) is 0 Å². The molecule has 2 aromatic rings. The molecule has 0 amide bonds. The van der Waals surface area contributed by atoms with Crippen molar-refractivity contribution in [1.29, 1.82) is 0 Å². The van der Waals surface area contributed by atoms with Crippen LogP contribution in [-0.2, 0) is 14.1 Å². The van der Waals surface area contributed by atoms with Crippen molar-refractivity contribution >= 4 is 5.78 Å². The Balaban J connectivity index is 2.44. The molecule has 2 rings (SSSR count). The summed E-state index contributed by atoms with van der Waals surface area (Å²) >= 11 is 0. The number of hydrogen-bond acceptors (Lipinski definition) is 4. The monoisotopic (exact) mass is 220 g/mol. The third-order valence-electron chi connectivity index (χ3n) is 2.31. The molecule has 6 nitrogen and oxygen atoms in total. The normalized spacial score (nSPS) is 10.4. The van der Waals surface area contributed by atoms with Gasteiger partial charge in [0.1, 0.15) is 0 Å². The molecule has 0 aliphatic heterocycles. The van der Waals surface area contributed by atoms with Gasteiger partial charge in [-0.1, -0.05) is 0 Å². The van der Waals surface area contributed by atoms with Crippen LogP contribution in [-0.4, -0.2) is 32.5 Å². The Labute approximate surface area is 92.4 Å². The molecule has 0 aliphatic carbocycles. The maximum atomic E-state index is 12.1. The minimum absolute atomic E-state index is 0.148. The van der Waals surface area contributed by atoms with Crippen LogP contribution in [0.2, 0.25) is 0 Å². The van der Waals surface area contributed by atoms with Crippen LogP contribution < -0.4 is 4.74 Å². The average Bonchev–Trinajstić information content (AvgIpc) is 2.83. The van der Waals surface area contributed by atoms with Crippen LogP contribution in [0.3, 0.4) is 0 Å². The molecule has 0 saturated heterocycles. The highest BCUT2D eigenvalue weighted by Crippen LogP contribution is 2.19. The van der Waals surface area contributed by atoms with Crippen LogP contribution in [0.5, 0.6) is 5.75 Å². The van der Waals surface area contributed by atoms with E-state index in [0.29, 0.717) is 17.0 Å². The number of ether oxygens (including phenoxy) is 1. The van der Waals surface area contributed by atoms with E-state index in [1.165, 1.54) is 24.2 Å². The first-order chi connectivity index (χ1) is 7.63. The molecule has 2 aromatic heterocycles. The third-order valence-corrected chi connectivity index (χ3v) is 2.31. The van der Waals surface area contributed by atoms with Crippen molar-refractivity contribution in [3.8, 4) is 5.75 Å². The van der Waals surface area contributed by atoms with Crippen LogP contribution in [0.1, 0.15) is 16.1 Å². The average molecular weight is 220 g/mol. The Morgan fingerprint density at radius 2 is 2.06 bits per heavy atom. The van der Waals surface area contributed by atoms with E-state index in [9.17, 15) is 4.79 Å². The summed E-state index contributed by atoms with van der Waals surface area (Å²) in [5.74, 6) is 0.321. The molecule has 0 fully saturated rings. The van der Waals surface area contributed by atoms with E-state index in [1.807, 2.05) is 0 Å². The quantitative estimate of drug-likeness (QED) is 0.702. The Kier molecular flexibility index (Phi) is 2.47. The predicted octanol–water partition coefficient (Wildman–Crippen LogP) is 0.393. The number of nitrogens with zero attached hydrogens (tertiary/aromatic N) is 4. The molecule has 0 N–H and O–H groups in total. The van der Waals surface area contributed by atoms with Crippen molar-refractivity contribution in [1.82, 2.24) is 19.6 Å². The van der Waals surface area contributed by atoms with Gasteiger partial charge in [0.2, 0.25) is 5.78 Å². The lowest BCUT2D eigenvalue weighted by atomic mass is 10.1. The third kappa shape index (κ3) is 1.58. The zero-order valence-electron chi connectivity index (χ0n) is 9.34. The maximum Gasteiger partial charge on any atom is 0.217 e. The largest absolute Gasteiger partial charge is 0.493 e. The molecular weight excluding hydrogens is 208 g/mol. The first-order valence-corrected chi connectivity index (χ1v) is 4.73. The fraction of sp³-hybridized carbons (Fsp3) is 0.300. The molecule has 0 aromatic carbocycles. The zero-order valence-corrected chi connectivity index (χ0v) is 9.34. The lowest BCUT2D eigenvalue weighted by molar-refractivity contribution is 0.102. The van der Waals surface area contributed by atoms with Crippen LogP contribution in [0, 0.1) is 0 Å². The molecule has 0 spiro atoms. The number of methoxy groups -OCH3 is 1. The van der Waals surface area contributed by atoms with E-state index in [0.717, 1.165) is 0 Å². The summed E-state index contributed by atoms with van der Waals surface area (Å²) < 4.78 is 8.16. The number of hydrogen-bond donors (Lipinski definition) is 0. The molecule has 84 valence electrons. The lowest BCUT2D eigenvalue weighted by Gasteiger charge is -2.02. The second-order valence-electron chi connectivity index (χ2n) is 3.42. The first kappa shape index (κ1) is 10.4. The van der Waals surface area contributed by atoms with Gasteiger partial charge in [-0.3, -0.25) is 14.2 Å². The molecule has 0 radical (unpaired) electrons. The Hall–Kier alpha value is -2.11. The number of aromatic nitrogens is 4. The number of carbonyl (C=O) groups is 1. The second kappa shape index (κ2) is 3.80. The predicted molar refractivity (Wildman–Crippen MR) is 56.4 cm³/mol. The summed E-state index contributed by atoms with van der Waals surface area (Å²) in [7, 11) is 4.97. The standard InChI is InChI=1S/C10H12N4O2/c1-13-6-7(4-11-13)10(15)9-8(16-3)5-12-14(9)2/h4-6H,1-3H3. The summed E-state index contributed by atoms with van der Waals surface area (Å²) in [6.07, 6.45) is 4.70. The van der Waals surface area contributed by atoms with Crippen molar-refractivity contribution in [3.05, 3.63) is 29.8 Å². The number of carbonyl (C=O) groups excluding carboxylic acids is 1. The minimum atomic E-state index is -0.148. The van der Waals surface area contributed by atoms with Gasteiger partial charge in [-0.15, -0.1) is 0 Å². The zero-order chi connectivity index (χ0) is 11.7. The number of rotatable bonds is 3. The SMILES string of the molecule is COc1cnn(C)c1C(=O)c1cnn(C)c1. The Bertz CT molecular complexity index is 527. The summed E-state index contributed by atoms with van der Waals surface area (Å²) in [5, 5.41) is 7.94. The highest BCUT2D eigenvalue weighted by molar-refractivity contribution is 6.09. The summed E-state index contributed by atoms with van der Waals surface area (Å²) in [6.45, 7) is 0. The molecule has 0 aliphatic rings. The minimum Gasteiger partial charge on any atom is -0.493 e. The van der Waals surface area contributed by atoms with E-state index in [-0.39, 0.29) is 5.78 Å². The van der Waals surface area contributed by atoms with Crippen molar-refractivity contribution < 1.29 is 9.53 Å².